The first kappa shape index (κ1) is 37.1. The van der Waals surface area contributed by atoms with Crippen LogP contribution in [0.15, 0.2) is 170 Å². The van der Waals surface area contributed by atoms with Crippen molar-refractivity contribution >= 4 is 28.4 Å². The van der Waals surface area contributed by atoms with Gasteiger partial charge in [-0.25, -0.2) is 0 Å². The van der Waals surface area contributed by atoms with Crippen LogP contribution >= 0.6 is 0 Å². The molecule has 280 valence electrons. The molecule has 0 heterocycles. The van der Waals surface area contributed by atoms with E-state index in [1.807, 2.05) is 0 Å². The molecule has 7 aromatic carbocycles. The van der Waals surface area contributed by atoms with Gasteiger partial charge in [0, 0.05) is 40.9 Å². The van der Waals surface area contributed by atoms with E-state index in [0.717, 1.165) is 35.7 Å². The van der Waals surface area contributed by atoms with Gasteiger partial charge in [-0.05, 0) is 123 Å². The van der Waals surface area contributed by atoms with Gasteiger partial charge in [-0.2, -0.15) is 0 Å². The molecule has 2 heteroatoms. The summed E-state index contributed by atoms with van der Waals surface area (Å²) in [7, 11) is 0. The minimum Gasteiger partial charge on any atom is -0.337 e. The molecule has 56 heavy (non-hydrogen) atoms. The molecule has 0 radical (unpaired) electrons. The van der Waals surface area contributed by atoms with E-state index in [-0.39, 0.29) is 16.7 Å². The van der Waals surface area contributed by atoms with Gasteiger partial charge in [0.05, 0.1) is 0 Å². The highest BCUT2D eigenvalue weighted by Crippen LogP contribution is 2.46. The number of hydrogen-bond donors (Lipinski definition) is 0. The van der Waals surface area contributed by atoms with Crippen LogP contribution in [-0.4, -0.2) is 0 Å². The van der Waals surface area contributed by atoms with Gasteiger partial charge in [0.25, 0.3) is 0 Å². The second-order valence-electron chi connectivity index (χ2n) is 17.6. The Balaban J connectivity index is 1.39. The van der Waals surface area contributed by atoms with Crippen LogP contribution < -0.4 is 9.80 Å². The first-order valence-corrected chi connectivity index (χ1v) is 20.1. The molecule has 8 rings (SSSR count). The number of rotatable bonds is 8. The smallest absolute Gasteiger partial charge is 0.0485 e. The van der Waals surface area contributed by atoms with Gasteiger partial charge in [0.1, 0.15) is 0 Å². The Kier molecular flexibility index (Phi) is 9.93. The molecule has 0 fully saturated rings. The summed E-state index contributed by atoms with van der Waals surface area (Å²) >= 11 is 0. The van der Waals surface area contributed by atoms with Crippen LogP contribution in [0.2, 0.25) is 0 Å². The number of para-hydroxylation sites is 2. The Hall–Kier alpha value is -5.86. The summed E-state index contributed by atoms with van der Waals surface area (Å²) in [5.74, 6) is 0.0832. The maximum Gasteiger partial charge on any atom is 0.0485 e. The molecule has 0 amide bonds. The second-order valence-corrected chi connectivity index (χ2v) is 17.6. The lowest BCUT2D eigenvalue weighted by atomic mass is 9.74. The fourth-order valence-corrected chi connectivity index (χ4v) is 8.24. The lowest BCUT2D eigenvalue weighted by Crippen LogP contribution is -2.21. The predicted molar refractivity (Wildman–Crippen MR) is 239 cm³/mol. The van der Waals surface area contributed by atoms with Crippen molar-refractivity contribution in [3.63, 3.8) is 0 Å². The number of benzene rings is 7. The van der Waals surface area contributed by atoms with E-state index in [9.17, 15) is 0 Å². The quantitative estimate of drug-likeness (QED) is 0.154. The van der Waals surface area contributed by atoms with Gasteiger partial charge in [0.2, 0.25) is 0 Å². The Bertz CT molecular complexity index is 2370. The standard InChI is InChI=1S/C54H54N2/c1-38-26-28-47(29-27-38)56(46-22-12-9-13-23-46)49-34-42(52-50-24-16-14-18-40(50)32-41-19-15-17-25-51(41)52)33-48(36-49)55(45-20-10-8-11-21-45)37-39-30-43(53(2,3)4)35-44(31-39)54(5,6)7/h8-31,33-36,52H,32,37H2,1-7H3. The number of fused-ring (bicyclic) bond motifs is 2. The average Bonchev–Trinajstić information content (AvgIpc) is 3.19. The summed E-state index contributed by atoms with van der Waals surface area (Å²) in [6, 6.07) is 63.4. The highest BCUT2D eigenvalue weighted by Gasteiger charge is 2.29. The third-order valence-electron chi connectivity index (χ3n) is 11.4. The molecule has 1 aliphatic carbocycles. The van der Waals surface area contributed by atoms with E-state index >= 15 is 0 Å². The zero-order valence-electron chi connectivity index (χ0n) is 34.1. The van der Waals surface area contributed by atoms with Crippen LogP contribution in [0.4, 0.5) is 28.4 Å². The fourth-order valence-electron chi connectivity index (χ4n) is 8.24. The summed E-state index contributed by atoms with van der Waals surface area (Å²) in [5.41, 5.74) is 17.9. The van der Waals surface area contributed by atoms with Gasteiger partial charge in [-0.1, -0.05) is 162 Å². The molecule has 2 nitrogen and oxygen atoms in total. The lowest BCUT2D eigenvalue weighted by Gasteiger charge is -2.34. The van der Waals surface area contributed by atoms with Crippen molar-refractivity contribution < 1.29 is 0 Å². The van der Waals surface area contributed by atoms with Crippen LogP contribution in [0.3, 0.4) is 0 Å². The van der Waals surface area contributed by atoms with E-state index < -0.39 is 0 Å². The fraction of sp³-hybridized carbons (Fsp3) is 0.222. The van der Waals surface area contributed by atoms with Crippen molar-refractivity contribution in [1.82, 2.24) is 0 Å². The lowest BCUT2D eigenvalue weighted by molar-refractivity contribution is 0.566. The largest absolute Gasteiger partial charge is 0.337 e. The zero-order chi connectivity index (χ0) is 39.0. The van der Waals surface area contributed by atoms with Crippen molar-refractivity contribution in [1.29, 1.82) is 0 Å². The van der Waals surface area contributed by atoms with Crippen LogP contribution in [0.5, 0.6) is 0 Å². The van der Waals surface area contributed by atoms with Gasteiger partial charge in [0.15, 0.2) is 0 Å². The van der Waals surface area contributed by atoms with E-state index in [4.69, 9.17) is 0 Å². The maximum absolute atomic E-state index is 2.53. The number of hydrogen-bond acceptors (Lipinski definition) is 2. The number of anilines is 5. The summed E-state index contributed by atoms with van der Waals surface area (Å²) in [5, 5.41) is 0. The van der Waals surface area contributed by atoms with Crippen molar-refractivity contribution in [3.05, 3.63) is 220 Å². The third-order valence-corrected chi connectivity index (χ3v) is 11.4. The summed E-state index contributed by atoms with van der Waals surface area (Å²) in [4.78, 5) is 4.95. The Labute approximate surface area is 335 Å². The Morgan fingerprint density at radius 3 is 1.50 bits per heavy atom. The number of nitrogens with zero attached hydrogens (tertiary/aromatic N) is 2. The molecule has 0 atom stereocenters. The first-order chi connectivity index (χ1) is 26.9. The molecular formula is C54H54N2. The first-order valence-electron chi connectivity index (χ1n) is 20.1. The molecule has 0 unspecified atom stereocenters. The van der Waals surface area contributed by atoms with E-state index in [2.05, 4.69) is 228 Å². The molecule has 0 saturated carbocycles. The molecule has 0 bridgehead atoms. The van der Waals surface area contributed by atoms with Crippen molar-refractivity contribution in [2.24, 2.45) is 0 Å². The molecule has 0 N–H and O–H groups in total. The molecule has 0 aromatic heterocycles. The SMILES string of the molecule is Cc1ccc(N(c2ccccc2)c2cc(C3c4ccccc4Cc4ccccc43)cc(N(Cc3cc(C(C)(C)C)cc(C(C)(C)C)c3)c3ccccc3)c2)cc1. The predicted octanol–water partition coefficient (Wildman–Crippen LogP) is 14.5. The van der Waals surface area contributed by atoms with Crippen LogP contribution in [0, 0.1) is 6.92 Å². The summed E-state index contributed by atoms with van der Waals surface area (Å²) in [6.45, 7) is 16.8. The van der Waals surface area contributed by atoms with Gasteiger partial charge in [-0.15, -0.1) is 0 Å². The second kappa shape index (κ2) is 15.0. The third kappa shape index (κ3) is 7.66. The minimum atomic E-state index is 0.0205. The monoisotopic (exact) mass is 730 g/mol. The van der Waals surface area contributed by atoms with E-state index in [1.54, 1.807) is 0 Å². The topological polar surface area (TPSA) is 6.48 Å². The van der Waals surface area contributed by atoms with Crippen molar-refractivity contribution in [3.8, 4) is 0 Å². The summed E-state index contributed by atoms with van der Waals surface area (Å²) < 4.78 is 0. The van der Waals surface area contributed by atoms with Gasteiger partial charge in [-0.3, -0.25) is 0 Å². The molecular weight excluding hydrogens is 677 g/mol. The van der Waals surface area contributed by atoms with Crippen LogP contribution in [0.1, 0.15) is 97.5 Å². The Morgan fingerprint density at radius 1 is 0.464 bits per heavy atom. The molecule has 7 aromatic rings. The highest BCUT2D eigenvalue weighted by molar-refractivity contribution is 5.81. The summed E-state index contributed by atoms with van der Waals surface area (Å²) in [6.07, 6.45) is 0.950. The maximum atomic E-state index is 2.53. The zero-order valence-corrected chi connectivity index (χ0v) is 34.1. The molecule has 0 saturated heterocycles. The van der Waals surface area contributed by atoms with E-state index in [0.29, 0.717) is 0 Å². The molecule has 1 aliphatic rings. The average molecular weight is 731 g/mol. The minimum absolute atomic E-state index is 0.0205. The van der Waals surface area contributed by atoms with Crippen molar-refractivity contribution in [2.45, 2.75) is 78.2 Å². The van der Waals surface area contributed by atoms with Gasteiger partial charge < -0.3 is 9.80 Å². The van der Waals surface area contributed by atoms with Gasteiger partial charge >= 0.3 is 0 Å². The highest BCUT2D eigenvalue weighted by atomic mass is 15.2. The van der Waals surface area contributed by atoms with E-state index in [1.165, 1.54) is 55.8 Å². The Morgan fingerprint density at radius 2 is 0.946 bits per heavy atom. The number of aryl methyl sites for hydroxylation is 1. The molecule has 0 spiro atoms. The van der Waals surface area contributed by atoms with Crippen molar-refractivity contribution in [2.75, 3.05) is 9.80 Å². The molecule has 0 aliphatic heterocycles. The normalized spacial score (nSPS) is 12.8. The van der Waals surface area contributed by atoms with Crippen LogP contribution in [-0.2, 0) is 23.8 Å². The van der Waals surface area contributed by atoms with Crippen LogP contribution in [0.25, 0.3) is 0 Å².